The van der Waals surface area contributed by atoms with E-state index in [0.717, 1.165) is 17.7 Å². The second-order valence-corrected chi connectivity index (χ2v) is 9.79. The Kier molecular flexibility index (Phi) is 10.9. The van der Waals surface area contributed by atoms with Crippen molar-refractivity contribution in [2.75, 3.05) is 30.5 Å². The zero-order chi connectivity index (χ0) is 29.7. The molecular weight excluding hydrogens is 528 g/mol. The second kappa shape index (κ2) is 15.2. The number of hydrogen-bond donors (Lipinski definition) is 1. The molecule has 1 N–H and O–H groups in total. The lowest BCUT2D eigenvalue weighted by Crippen LogP contribution is -2.34. The zero-order valence-electron chi connectivity index (χ0n) is 24.0. The number of ether oxygens (including phenoxy) is 2. The van der Waals surface area contributed by atoms with E-state index in [1.807, 2.05) is 85.8 Å². The molecule has 0 saturated carbocycles. The Morgan fingerprint density at radius 3 is 2.12 bits per heavy atom. The first-order valence-electron chi connectivity index (χ1n) is 14.1. The van der Waals surface area contributed by atoms with Gasteiger partial charge in [0.05, 0.1) is 13.7 Å². The Morgan fingerprint density at radius 2 is 1.45 bits per heavy atom. The Balaban J connectivity index is 1.41. The number of amides is 1. The lowest BCUT2D eigenvalue weighted by Gasteiger charge is -2.23. The number of nitrogens with zero attached hydrogens (tertiary/aromatic N) is 1. The molecule has 0 spiro atoms. The number of carbonyl (C=O) groups excluding carboxylic acids is 3. The molecule has 216 valence electrons. The van der Waals surface area contributed by atoms with Gasteiger partial charge in [0.15, 0.2) is 5.78 Å². The van der Waals surface area contributed by atoms with Gasteiger partial charge in [-0.3, -0.25) is 9.59 Å². The first-order chi connectivity index (χ1) is 20.5. The zero-order valence-corrected chi connectivity index (χ0v) is 24.0. The standard InChI is InChI=1S/C35H36N2O5/c1-3-12-33(38)37(28-15-8-5-9-16-28)23-24-42-29-21-19-26(20-22-29)25-32(35(40)41-2)36-31-18-11-10-17-30(31)34(39)27-13-6-4-7-14-27/h4-11,13-22,32,36H,3,12,23-25H2,1-2H3/t32-/m0/s1. The molecule has 0 bridgehead atoms. The number of hydrogen-bond acceptors (Lipinski definition) is 6. The third kappa shape index (κ3) is 8.07. The van der Waals surface area contributed by atoms with Crippen LogP contribution in [0.5, 0.6) is 5.75 Å². The van der Waals surface area contributed by atoms with E-state index in [1.54, 1.807) is 35.2 Å². The Morgan fingerprint density at radius 1 is 0.810 bits per heavy atom. The van der Waals surface area contributed by atoms with Crippen LogP contribution in [0.25, 0.3) is 0 Å². The van der Waals surface area contributed by atoms with Crippen molar-refractivity contribution in [3.05, 3.63) is 126 Å². The highest BCUT2D eigenvalue weighted by Crippen LogP contribution is 2.22. The topological polar surface area (TPSA) is 84.9 Å². The minimum absolute atomic E-state index is 0.0658. The molecule has 0 heterocycles. The van der Waals surface area contributed by atoms with Crippen molar-refractivity contribution in [1.82, 2.24) is 0 Å². The van der Waals surface area contributed by atoms with E-state index in [0.29, 0.717) is 48.6 Å². The molecule has 0 unspecified atom stereocenters. The van der Waals surface area contributed by atoms with E-state index in [1.165, 1.54) is 7.11 Å². The van der Waals surface area contributed by atoms with Crippen LogP contribution in [0, 0.1) is 0 Å². The van der Waals surface area contributed by atoms with Gasteiger partial charge >= 0.3 is 5.97 Å². The van der Waals surface area contributed by atoms with Gasteiger partial charge in [0, 0.05) is 35.3 Å². The molecule has 7 heteroatoms. The molecule has 4 rings (SSSR count). The highest BCUT2D eigenvalue weighted by molar-refractivity contribution is 6.12. The number of benzene rings is 4. The fourth-order valence-corrected chi connectivity index (χ4v) is 4.64. The number of anilines is 2. The van der Waals surface area contributed by atoms with Crippen molar-refractivity contribution < 1.29 is 23.9 Å². The number of nitrogens with one attached hydrogen (secondary N) is 1. The number of ketones is 1. The summed E-state index contributed by atoms with van der Waals surface area (Å²) in [4.78, 5) is 40.3. The summed E-state index contributed by atoms with van der Waals surface area (Å²) >= 11 is 0. The molecule has 0 aromatic heterocycles. The Hall–Kier alpha value is -4.91. The average Bonchev–Trinajstić information content (AvgIpc) is 3.04. The summed E-state index contributed by atoms with van der Waals surface area (Å²) < 4.78 is 11.0. The number of para-hydroxylation sites is 2. The Labute approximate surface area is 247 Å². The van der Waals surface area contributed by atoms with Gasteiger partial charge in [-0.2, -0.15) is 0 Å². The Bertz CT molecular complexity index is 1460. The van der Waals surface area contributed by atoms with Crippen LogP contribution in [0.4, 0.5) is 11.4 Å². The van der Waals surface area contributed by atoms with Crippen LogP contribution in [0.1, 0.15) is 41.3 Å². The molecule has 0 saturated heterocycles. The summed E-state index contributed by atoms with van der Waals surface area (Å²) in [5.74, 6) is 0.160. The fourth-order valence-electron chi connectivity index (χ4n) is 4.64. The summed E-state index contributed by atoms with van der Waals surface area (Å²) in [7, 11) is 1.35. The summed E-state index contributed by atoms with van der Waals surface area (Å²) in [6, 6.07) is 32.5. The third-order valence-electron chi connectivity index (χ3n) is 6.80. The smallest absolute Gasteiger partial charge is 0.328 e. The number of esters is 1. The van der Waals surface area contributed by atoms with Gasteiger partial charge in [-0.25, -0.2) is 4.79 Å². The van der Waals surface area contributed by atoms with Gasteiger partial charge in [0.2, 0.25) is 5.91 Å². The van der Waals surface area contributed by atoms with Crippen molar-refractivity contribution in [2.45, 2.75) is 32.2 Å². The minimum Gasteiger partial charge on any atom is -0.492 e. The first kappa shape index (κ1) is 30.1. The van der Waals surface area contributed by atoms with E-state index in [9.17, 15) is 14.4 Å². The summed E-state index contributed by atoms with van der Waals surface area (Å²) in [6.45, 7) is 2.75. The maximum atomic E-state index is 13.2. The van der Waals surface area contributed by atoms with Crippen LogP contribution >= 0.6 is 0 Å². The lowest BCUT2D eigenvalue weighted by atomic mass is 10.00. The predicted molar refractivity (Wildman–Crippen MR) is 165 cm³/mol. The van der Waals surface area contributed by atoms with Crippen LogP contribution in [0.2, 0.25) is 0 Å². The van der Waals surface area contributed by atoms with E-state index >= 15 is 0 Å². The molecule has 4 aromatic carbocycles. The second-order valence-electron chi connectivity index (χ2n) is 9.79. The molecule has 0 fully saturated rings. The molecule has 0 aliphatic heterocycles. The number of rotatable bonds is 14. The first-order valence-corrected chi connectivity index (χ1v) is 14.1. The highest BCUT2D eigenvalue weighted by atomic mass is 16.5. The van der Waals surface area contributed by atoms with Crippen LogP contribution < -0.4 is 15.0 Å². The quantitative estimate of drug-likeness (QED) is 0.142. The molecule has 4 aromatic rings. The molecule has 0 radical (unpaired) electrons. The van der Waals surface area contributed by atoms with Crippen molar-refractivity contribution in [2.24, 2.45) is 0 Å². The maximum absolute atomic E-state index is 13.2. The van der Waals surface area contributed by atoms with Crippen molar-refractivity contribution in [3.63, 3.8) is 0 Å². The van der Waals surface area contributed by atoms with Crippen molar-refractivity contribution in [1.29, 1.82) is 0 Å². The molecular formula is C35H36N2O5. The van der Waals surface area contributed by atoms with Gasteiger partial charge in [0.25, 0.3) is 0 Å². The number of methoxy groups -OCH3 is 1. The molecule has 0 aliphatic carbocycles. The van der Waals surface area contributed by atoms with Gasteiger partial charge in [0.1, 0.15) is 18.4 Å². The molecule has 1 atom stereocenters. The normalized spacial score (nSPS) is 11.3. The molecule has 42 heavy (non-hydrogen) atoms. The molecule has 0 aliphatic rings. The minimum atomic E-state index is -0.712. The van der Waals surface area contributed by atoms with Gasteiger partial charge in [-0.05, 0) is 48.4 Å². The summed E-state index contributed by atoms with van der Waals surface area (Å²) in [5, 5.41) is 3.23. The van der Waals surface area contributed by atoms with Gasteiger partial charge in [-0.15, -0.1) is 0 Å². The van der Waals surface area contributed by atoms with Crippen molar-refractivity contribution in [3.8, 4) is 5.75 Å². The van der Waals surface area contributed by atoms with Crippen LogP contribution in [0.3, 0.4) is 0 Å². The highest BCUT2D eigenvalue weighted by Gasteiger charge is 2.23. The van der Waals surface area contributed by atoms with E-state index in [4.69, 9.17) is 9.47 Å². The van der Waals surface area contributed by atoms with Crippen LogP contribution in [-0.2, 0) is 20.7 Å². The maximum Gasteiger partial charge on any atom is 0.328 e. The van der Waals surface area contributed by atoms with Gasteiger partial charge in [-0.1, -0.05) is 79.7 Å². The molecule has 7 nitrogen and oxygen atoms in total. The van der Waals surface area contributed by atoms with Crippen LogP contribution in [0.15, 0.2) is 109 Å². The SMILES string of the molecule is CCCC(=O)N(CCOc1ccc(C[C@H](Nc2ccccc2C(=O)c2ccccc2)C(=O)OC)cc1)c1ccccc1. The van der Waals surface area contributed by atoms with E-state index in [-0.39, 0.29) is 11.7 Å². The van der Waals surface area contributed by atoms with Crippen molar-refractivity contribution >= 4 is 29.0 Å². The monoisotopic (exact) mass is 564 g/mol. The lowest BCUT2D eigenvalue weighted by molar-refractivity contribution is -0.141. The summed E-state index contributed by atoms with van der Waals surface area (Å²) in [5.41, 5.74) is 3.34. The van der Waals surface area contributed by atoms with Crippen LogP contribution in [-0.4, -0.2) is 44.0 Å². The van der Waals surface area contributed by atoms with Gasteiger partial charge < -0.3 is 19.7 Å². The molecule has 1 amide bonds. The number of carbonyl (C=O) groups is 3. The van der Waals surface area contributed by atoms with E-state index < -0.39 is 12.0 Å². The summed E-state index contributed by atoms with van der Waals surface area (Å²) in [6.07, 6.45) is 1.60. The predicted octanol–water partition coefficient (Wildman–Crippen LogP) is 6.33. The largest absolute Gasteiger partial charge is 0.492 e. The van der Waals surface area contributed by atoms with E-state index in [2.05, 4.69) is 5.32 Å². The average molecular weight is 565 g/mol. The third-order valence-corrected chi connectivity index (χ3v) is 6.80. The fraction of sp³-hybridized carbons (Fsp3) is 0.229.